The van der Waals surface area contributed by atoms with E-state index in [4.69, 9.17) is 66.3 Å². The summed E-state index contributed by atoms with van der Waals surface area (Å²) in [5, 5.41) is 230. The van der Waals surface area contributed by atoms with Gasteiger partial charge in [-0.1, -0.05) is 0 Å². The topological polar surface area (TPSA) is 554 Å². The molecule has 0 aromatic heterocycles. The molecule has 12 bridgehead atoms. The van der Waals surface area contributed by atoms with E-state index < -0.39 is 261 Å². The third kappa shape index (κ3) is 12.2. The van der Waals surface area contributed by atoms with Crippen LogP contribution in [-0.4, -0.2) is 368 Å². The van der Waals surface area contributed by atoms with Gasteiger partial charge in [-0.15, -0.1) is 0 Å². The first-order chi connectivity index (χ1) is 36.6. The molecular weight excluding hydrogens is 1060 g/mol. The molecule has 0 aromatic rings. The molecule has 23 fully saturated rings. The number of rotatable bonds is 9. The number of aliphatic hydroxyl groups is 21. The molecule has 23 heterocycles. The van der Waals surface area contributed by atoms with Gasteiger partial charge in [0.2, 0.25) is 0 Å². The fourth-order valence-electron chi connectivity index (χ4n) is 10.3. The second-order valence-electron chi connectivity index (χ2n) is 19.7. The van der Waals surface area contributed by atoms with Crippen LogP contribution in [0, 0.1) is 0 Å². The van der Waals surface area contributed by atoms with E-state index in [1.807, 2.05) is 0 Å². The highest BCUT2D eigenvalue weighted by Crippen LogP contribution is 2.38. The minimum atomic E-state index is -2.30. The van der Waals surface area contributed by atoms with Gasteiger partial charge in [-0.25, -0.2) is 0 Å². The lowest BCUT2D eigenvalue weighted by molar-refractivity contribution is -0.405. The first-order valence-corrected chi connectivity index (χ1v) is 24.6. The summed E-state index contributed by atoms with van der Waals surface area (Å²) in [6.45, 7) is -7.11. The summed E-state index contributed by atoms with van der Waals surface area (Å²) in [5.41, 5.74) is 0. The number of hydrogen-bond acceptors (Lipinski definition) is 35. The first-order valence-electron chi connectivity index (χ1n) is 24.6. The molecule has 0 spiro atoms. The summed E-state index contributed by atoms with van der Waals surface area (Å²) in [6, 6.07) is 0. The summed E-state index contributed by atoms with van der Waals surface area (Å²) in [6.07, 6.45) is -70.4. The third-order valence-electron chi connectivity index (χ3n) is 14.8. The maximum absolute atomic E-state index is 11.7. The normalized spacial score (nSPS) is 55.2. The lowest BCUT2D eigenvalue weighted by atomic mass is 9.94. The standard InChI is InChI=1S/C42H70O35/c43-1-8-15(49)16(50)23(57)36(65-8)64-7-14-35-22(56)29(63)42(71-14)76-34-13(6-48)69-40(27(61)20(34)54)74-32-11(4-46)67-38(25(59)18(32)52)72-30-9(2-44)66-37(24(58)17(30)51)73-31-10(3-45)68-39(26(60)19(31)53)75-33-12(5-47)70-41(77-35)28(62)21(33)55/h8-63H,1-7H2. The van der Waals surface area contributed by atoms with Crippen molar-refractivity contribution >= 4 is 0 Å². The van der Waals surface area contributed by atoms with Crippen LogP contribution in [0.4, 0.5) is 0 Å². The van der Waals surface area contributed by atoms with Crippen LogP contribution in [0.15, 0.2) is 0 Å². The second kappa shape index (κ2) is 26.0. The predicted octanol–water partition coefficient (Wildman–Crippen LogP) is -15.2. The summed E-state index contributed by atoms with van der Waals surface area (Å²) in [7, 11) is 0. The van der Waals surface area contributed by atoms with Crippen LogP contribution in [0.5, 0.6) is 0 Å². The van der Waals surface area contributed by atoms with E-state index in [9.17, 15) is 107 Å². The molecule has 0 aliphatic carbocycles. The molecule has 0 saturated carbocycles. The highest BCUT2D eigenvalue weighted by molar-refractivity contribution is 5.01. The van der Waals surface area contributed by atoms with Crippen LogP contribution in [0.3, 0.4) is 0 Å². The second-order valence-corrected chi connectivity index (χ2v) is 19.7. The van der Waals surface area contributed by atoms with Gasteiger partial charge in [0.15, 0.2) is 44.0 Å². The van der Waals surface area contributed by atoms with Gasteiger partial charge in [-0.3, -0.25) is 0 Å². The molecule has 35 nitrogen and oxygen atoms in total. The number of hydrogen-bond donors (Lipinski definition) is 21. The Balaban J connectivity index is 1.11. The monoisotopic (exact) mass is 1130 g/mol. The molecular formula is C42H70O35. The molecule has 0 radical (unpaired) electrons. The van der Waals surface area contributed by atoms with E-state index in [1.165, 1.54) is 0 Å². The van der Waals surface area contributed by atoms with Gasteiger partial charge in [0.05, 0.1) is 46.2 Å². The molecule has 0 amide bonds. The van der Waals surface area contributed by atoms with Crippen molar-refractivity contribution in [3.8, 4) is 0 Å². The molecule has 23 aliphatic rings. The van der Waals surface area contributed by atoms with Crippen LogP contribution < -0.4 is 0 Å². The average Bonchev–Trinajstić information content (AvgIpc) is 3.46. The number of ether oxygens (including phenoxy) is 14. The van der Waals surface area contributed by atoms with E-state index in [0.29, 0.717) is 0 Å². The zero-order chi connectivity index (χ0) is 56.1. The molecule has 77 heavy (non-hydrogen) atoms. The van der Waals surface area contributed by atoms with Crippen molar-refractivity contribution in [3.63, 3.8) is 0 Å². The lowest BCUT2D eigenvalue weighted by Gasteiger charge is -2.51. The molecule has 35 atom stereocenters. The Bertz CT molecular complexity index is 1820. The Hall–Kier alpha value is -1.40. The Morgan fingerprint density at radius 3 is 0.662 bits per heavy atom. The molecule has 35 unspecified atom stereocenters. The van der Waals surface area contributed by atoms with Crippen LogP contribution in [0.1, 0.15) is 0 Å². The van der Waals surface area contributed by atoms with Crippen molar-refractivity contribution in [2.75, 3.05) is 46.2 Å². The van der Waals surface area contributed by atoms with Gasteiger partial charge >= 0.3 is 0 Å². The van der Waals surface area contributed by atoms with E-state index in [2.05, 4.69) is 0 Å². The molecule has 21 N–H and O–H groups in total. The van der Waals surface area contributed by atoms with E-state index in [1.54, 1.807) is 0 Å². The van der Waals surface area contributed by atoms with E-state index >= 15 is 0 Å². The van der Waals surface area contributed by atoms with Gasteiger partial charge in [-0.05, 0) is 0 Å². The minimum absolute atomic E-state index is 0.889. The smallest absolute Gasteiger partial charge is 0.187 e. The van der Waals surface area contributed by atoms with Gasteiger partial charge in [-0.2, -0.15) is 0 Å². The minimum Gasteiger partial charge on any atom is -0.394 e. The molecule has 23 rings (SSSR count). The first kappa shape index (κ1) is 61.7. The maximum Gasteiger partial charge on any atom is 0.187 e. The van der Waals surface area contributed by atoms with Crippen LogP contribution in [0.2, 0.25) is 0 Å². The lowest BCUT2D eigenvalue weighted by Crippen LogP contribution is -2.69. The quantitative estimate of drug-likeness (QED) is 0.102. The molecule has 23 saturated heterocycles. The zero-order valence-electron chi connectivity index (χ0n) is 40.3. The SMILES string of the molecule is OCC1OC(OCC2OC3OC4C(CO)OC(OC5C(CO)OC(OC6C(CO)OC(OC7C(CO)OC(OC8C(CO)OC(OC2C(O)C3O)C(O)C8O)C(O)C7O)C(O)C6O)C(O)C5O)C(O)C4O)C(O)C(O)C1O. The highest BCUT2D eigenvalue weighted by Gasteiger charge is 2.59. The van der Waals surface area contributed by atoms with E-state index in [-0.39, 0.29) is 0 Å². The van der Waals surface area contributed by atoms with Crippen molar-refractivity contribution in [2.24, 2.45) is 0 Å². The largest absolute Gasteiger partial charge is 0.394 e. The molecule has 23 aliphatic heterocycles. The van der Waals surface area contributed by atoms with Crippen LogP contribution in [0.25, 0.3) is 0 Å². The summed E-state index contributed by atoms with van der Waals surface area (Å²) in [5.74, 6) is 0. The number of aliphatic hydroxyl groups excluding tert-OH is 21. The van der Waals surface area contributed by atoms with Crippen molar-refractivity contribution in [2.45, 2.75) is 215 Å². The highest BCUT2D eigenvalue weighted by atomic mass is 16.8. The maximum atomic E-state index is 11.7. The summed E-state index contributed by atoms with van der Waals surface area (Å²) >= 11 is 0. The summed E-state index contributed by atoms with van der Waals surface area (Å²) in [4.78, 5) is 0. The summed E-state index contributed by atoms with van der Waals surface area (Å²) < 4.78 is 80.0. The molecule has 35 heteroatoms. The van der Waals surface area contributed by atoms with Crippen molar-refractivity contribution in [1.82, 2.24) is 0 Å². The fraction of sp³-hybridized carbons (Fsp3) is 1.00. The van der Waals surface area contributed by atoms with E-state index in [0.717, 1.165) is 0 Å². The molecule has 448 valence electrons. The zero-order valence-corrected chi connectivity index (χ0v) is 40.3. The Labute approximate surface area is 434 Å². The Kier molecular flexibility index (Phi) is 20.8. The van der Waals surface area contributed by atoms with Crippen LogP contribution in [-0.2, 0) is 66.3 Å². The van der Waals surface area contributed by atoms with Crippen molar-refractivity contribution in [3.05, 3.63) is 0 Å². The Morgan fingerprint density at radius 2 is 0.429 bits per heavy atom. The molecule has 0 aromatic carbocycles. The predicted molar refractivity (Wildman–Crippen MR) is 228 cm³/mol. The van der Waals surface area contributed by atoms with Crippen molar-refractivity contribution in [1.29, 1.82) is 0 Å². The fourth-order valence-corrected chi connectivity index (χ4v) is 10.3. The van der Waals surface area contributed by atoms with Gasteiger partial charge in [0.25, 0.3) is 0 Å². The third-order valence-corrected chi connectivity index (χ3v) is 14.8. The van der Waals surface area contributed by atoms with Crippen LogP contribution >= 0.6 is 0 Å². The van der Waals surface area contributed by atoms with Gasteiger partial charge < -0.3 is 174 Å². The van der Waals surface area contributed by atoms with Crippen molar-refractivity contribution < 1.29 is 174 Å². The van der Waals surface area contributed by atoms with Gasteiger partial charge in [0, 0.05) is 0 Å². The van der Waals surface area contributed by atoms with Gasteiger partial charge in [0.1, 0.15) is 171 Å². The average molecular weight is 1130 g/mol. The Morgan fingerprint density at radius 1 is 0.208 bits per heavy atom.